The van der Waals surface area contributed by atoms with Crippen molar-refractivity contribution in [2.45, 2.75) is 148 Å². The van der Waals surface area contributed by atoms with E-state index in [-0.39, 0.29) is 12.5 Å². The number of unbranched alkanes of at least 4 members (excludes halogenated alkanes) is 20. The number of hydrogen-bond donors (Lipinski definition) is 2. The van der Waals surface area contributed by atoms with Crippen LogP contribution in [0.15, 0.2) is 0 Å². The molecule has 5 nitrogen and oxygen atoms in total. The number of nitrogens with zero attached hydrogens (tertiary/aromatic N) is 1. The predicted molar refractivity (Wildman–Crippen MR) is 150 cm³/mol. The molecule has 0 spiro atoms. The zero-order chi connectivity index (χ0) is 26.0. The van der Waals surface area contributed by atoms with Gasteiger partial charge in [-0.05, 0) is 6.42 Å². The fourth-order valence-corrected chi connectivity index (χ4v) is 4.75. The van der Waals surface area contributed by atoms with Crippen molar-refractivity contribution in [1.29, 1.82) is 0 Å². The highest BCUT2D eigenvalue weighted by Gasteiger charge is 2.19. The van der Waals surface area contributed by atoms with E-state index in [9.17, 15) is 9.59 Å². The molecule has 0 saturated carbocycles. The monoisotopic (exact) mass is 497 g/mol. The lowest BCUT2D eigenvalue weighted by molar-refractivity contribution is -0.881. The van der Waals surface area contributed by atoms with E-state index in [0.29, 0.717) is 24.0 Å². The molecule has 2 N–H and O–H groups in total. The normalized spacial score (nSPS) is 11.6. The second-order valence-corrected chi connectivity index (χ2v) is 11.4. The van der Waals surface area contributed by atoms with Gasteiger partial charge in [0.15, 0.2) is 6.54 Å². The number of hydrogen-bond acceptors (Lipinski definition) is 2. The van der Waals surface area contributed by atoms with Crippen LogP contribution in [0.5, 0.6) is 0 Å². The quantitative estimate of drug-likeness (QED) is 0.0896. The fraction of sp³-hybridized carbons (Fsp3) is 0.933. The molecule has 0 aliphatic heterocycles. The minimum absolute atomic E-state index is 0.0786. The van der Waals surface area contributed by atoms with Crippen molar-refractivity contribution in [3.05, 3.63) is 0 Å². The molecule has 5 heteroatoms. The summed E-state index contributed by atoms with van der Waals surface area (Å²) in [5, 5.41) is 11.8. The molecule has 35 heavy (non-hydrogen) atoms. The third-order valence-electron chi connectivity index (χ3n) is 7.11. The summed E-state index contributed by atoms with van der Waals surface area (Å²) in [6.45, 7) is 3.54. The third-order valence-corrected chi connectivity index (χ3v) is 7.11. The SMILES string of the molecule is CCCCCCCCCCCCCCCCCCCCCCCC(=O)NCC[N+](C)(C)CC(=O)O. The zero-order valence-corrected chi connectivity index (χ0v) is 23.9. The minimum atomic E-state index is -0.805. The number of likely N-dealkylation sites (N-methyl/N-ethyl adjacent to an activating group) is 1. The van der Waals surface area contributed by atoms with Crippen molar-refractivity contribution >= 4 is 11.9 Å². The van der Waals surface area contributed by atoms with Crippen LogP contribution < -0.4 is 5.32 Å². The number of rotatable bonds is 27. The average molecular weight is 498 g/mol. The summed E-state index contributed by atoms with van der Waals surface area (Å²) in [5.41, 5.74) is 0. The van der Waals surface area contributed by atoms with E-state index in [2.05, 4.69) is 12.2 Å². The number of aliphatic carboxylic acids is 1. The summed E-state index contributed by atoms with van der Waals surface area (Å²) >= 11 is 0. The Morgan fingerprint density at radius 1 is 0.600 bits per heavy atom. The van der Waals surface area contributed by atoms with Crippen LogP contribution in [-0.4, -0.2) is 55.2 Å². The lowest BCUT2D eigenvalue weighted by atomic mass is 10.0. The van der Waals surface area contributed by atoms with Crippen molar-refractivity contribution in [1.82, 2.24) is 5.32 Å². The van der Waals surface area contributed by atoms with Crippen LogP contribution in [0, 0.1) is 0 Å². The van der Waals surface area contributed by atoms with Gasteiger partial charge in [-0.15, -0.1) is 0 Å². The molecule has 0 aromatic heterocycles. The highest BCUT2D eigenvalue weighted by molar-refractivity contribution is 5.75. The first kappa shape index (κ1) is 33.9. The maximum Gasteiger partial charge on any atom is 0.359 e. The number of quaternary nitrogens is 1. The number of carbonyl (C=O) groups is 2. The average Bonchev–Trinajstić information content (AvgIpc) is 2.79. The van der Waals surface area contributed by atoms with Crippen LogP contribution in [-0.2, 0) is 9.59 Å². The number of carboxylic acids is 1. The summed E-state index contributed by atoms with van der Waals surface area (Å²) in [5.74, 6) is -0.709. The summed E-state index contributed by atoms with van der Waals surface area (Å²) in [7, 11) is 3.75. The van der Waals surface area contributed by atoms with E-state index < -0.39 is 5.97 Å². The number of carbonyl (C=O) groups excluding carboxylic acids is 1. The summed E-state index contributed by atoms with van der Waals surface area (Å²) < 4.78 is 0.384. The molecule has 0 aliphatic rings. The highest BCUT2D eigenvalue weighted by Crippen LogP contribution is 2.15. The lowest BCUT2D eigenvalue weighted by Gasteiger charge is -2.27. The minimum Gasteiger partial charge on any atom is -0.477 e. The molecule has 0 saturated heterocycles. The van der Waals surface area contributed by atoms with Gasteiger partial charge in [0.1, 0.15) is 0 Å². The molecule has 0 atom stereocenters. The largest absolute Gasteiger partial charge is 0.477 e. The Morgan fingerprint density at radius 2 is 0.943 bits per heavy atom. The Bertz CT molecular complexity index is 494. The first-order valence-electron chi connectivity index (χ1n) is 15.2. The van der Waals surface area contributed by atoms with Crippen LogP contribution >= 0.6 is 0 Å². The van der Waals surface area contributed by atoms with Crippen LogP contribution in [0.1, 0.15) is 148 Å². The van der Waals surface area contributed by atoms with Gasteiger partial charge in [0.25, 0.3) is 0 Å². The maximum atomic E-state index is 11.9. The molecule has 0 rings (SSSR count). The number of carboxylic acid groups (broad SMARTS) is 1. The molecule has 0 aromatic rings. The molecule has 0 fully saturated rings. The zero-order valence-electron chi connectivity index (χ0n) is 23.9. The first-order valence-corrected chi connectivity index (χ1v) is 15.2. The molecule has 0 aromatic carbocycles. The van der Waals surface area contributed by atoms with E-state index >= 15 is 0 Å². The van der Waals surface area contributed by atoms with Crippen molar-refractivity contribution in [3.8, 4) is 0 Å². The number of nitrogens with one attached hydrogen (secondary N) is 1. The second-order valence-electron chi connectivity index (χ2n) is 11.4. The van der Waals surface area contributed by atoms with E-state index in [1.165, 1.54) is 122 Å². The standard InChI is InChI=1S/C30H60N2O3/c1-4-5-6-7-8-9-10-11-12-13-14-15-16-17-18-19-20-21-22-23-24-25-29(33)31-26-27-32(2,3)28-30(34)35/h4-28H2,1-3H3,(H-,31,33,34,35)/p+1. The van der Waals surface area contributed by atoms with Gasteiger partial charge >= 0.3 is 5.97 Å². The van der Waals surface area contributed by atoms with Gasteiger partial charge in [-0.25, -0.2) is 4.79 Å². The molecule has 0 bridgehead atoms. The van der Waals surface area contributed by atoms with E-state index in [0.717, 1.165) is 12.8 Å². The molecular weight excluding hydrogens is 436 g/mol. The van der Waals surface area contributed by atoms with Gasteiger partial charge in [-0.3, -0.25) is 4.79 Å². The molecule has 0 aliphatic carbocycles. The highest BCUT2D eigenvalue weighted by atomic mass is 16.4. The van der Waals surface area contributed by atoms with Crippen LogP contribution in [0.4, 0.5) is 0 Å². The topological polar surface area (TPSA) is 66.4 Å². The Morgan fingerprint density at radius 3 is 1.29 bits per heavy atom. The Balaban J connectivity index is 3.24. The van der Waals surface area contributed by atoms with Crippen LogP contribution in [0.25, 0.3) is 0 Å². The van der Waals surface area contributed by atoms with E-state index in [1.807, 2.05) is 14.1 Å². The van der Waals surface area contributed by atoms with Crippen LogP contribution in [0.3, 0.4) is 0 Å². The maximum absolute atomic E-state index is 11.9. The Hall–Kier alpha value is -1.10. The van der Waals surface area contributed by atoms with Crippen LogP contribution in [0.2, 0.25) is 0 Å². The summed E-state index contributed by atoms with van der Waals surface area (Å²) in [6, 6.07) is 0. The van der Waals surface area contributed by atoms with Gasteiger partial charge in [-0.1, -0.05) is 135 Å². The first-order chi connectivity index (χ1) is 16.9. The van der Waals surface area contributed by atoms with E-state index in [4.69, 9.17) is 5.11 Å². The molecule has 1 amide bonds. The van der Waals surface area contributed by atoms with Gasteiger partial charge in [0, 0.05) is 6.42 Å². The van der Waals surface area contributed by atoms with E-state index in [1.54, 1.807) is 0 Å². The second kappa shape index (κ2) is 24.6. The van der Waals surface area contributed by atoms with Crippen molar-refractivity contribution < 1.29 is 19.2 Å². The van der Waals surface area contributed by atoms with Gasteiger partial charge in [0.2, 0.25) is 5.91 Å². The Kier molecular flexibility index (Phi) is 23.8. The lowest BCUT2D eigenvalue weighted by Crippen LogP contribution is -2.48. The molecule has 0 heterocycles. The molecule has 208 valence electrons. The predicted octanol–water partition coefficient (Wildman–Crippen LogP) is 7.87. The fourth-order valence-electron chi connectivity index (χ4n) is 4.75. The summed E-state index contributed by atoms with van der Waals surface area (Å²) in [6.07, 6.45) is 29.3. The third kappa shape index (κ3) is 27.3. The Labute approximate surface area is 218 Å². The van der Waals surface area contributed by atoms with Gasteiger partial charge in [0.05, 0.1) is 27.2 Å². The smallest absolute Gasteiger partial charge is 0.359 e. The van der Waals surface area contributed by atoms with Crippen molar-refractivity contribution in [2.75, 3.05) is 33.7 Å². The molecular formula is C30H61N2O3+. The molecule has 0 unspecified atom stereocenters. The van der Waals surface area contributed by atoms with Gasteiger partial charge < -0.3 is 14.9 Å². The van der Waals surface area contributed by atoms with Crippen molar-refractivity contribution in [3.63, 3.8) is 0 Å². The molecule has 0 radical (unpaired) electrons. The summed E-state index contributed by atoms with van der Waals surface area (Å²) in [4.78, 5) is 22.7. The van der Waals surface area contributed by atoms with Gasteiger partial charge in [-0.2, -0.15) is 0 Å². The number of amides is 1. The van der Waals surface area contributed by atoms with Crippen molar-refractivity contribution in [2.24, 2.45) is 0 Å².